The molecule has 0 heterocycles. The van der Waals surface area contributed by atoms with Gasteiger partial charge in [-0.3, -0.25) is 0 Å². The second-order valence-corrected chi connectivity index (χ2v) is 5.37. The summed E-state index contributed by atoms with van der Waals surface area (Å²) in [6, 6.07) is 7.11. The SMILES string of the molecule is F[P-](F)(F)(F)(F)F.N#[N+]c1cccc(Br)c1. The van der Waals surface area contributed by atoms with Crippen molar-refractivity contribution in [1.82, 2.24) is 0 Å². The van der Waals surface area contributed by atoms with Crippen molar-refractivity contribution in [3.8, 4) is 0 Å². The fraction of sp³-hybridized carbons (Fsp3) is 0. The van der Waals surface area contributed by atoms with Gasteiger partial charge in [0.2, 0.25) is 5.39 Å². The Morgan fingerprint density at radius 2 is 1.50 bits per heavy atom. The van der Waals surface area contributed by atoms with Crippen LogP contribution in [0.1, 0.15) is 0 Å². The number of halogens is 7. The predicted octanol–water partition coefficient (Wildman–Crippen LogP) is 6.32. The van der Waals surface area contributed by atoms with E-state index < -0.39 is 7.81 Å². The minimum absolute atomic E-state index is 0.560. The number of hydrogen-bond acceptors (Lipinski definition) is 1. The van der Waals surface area contributed by atoms with E-state index in [9.17, 15) is 25.2 Å². The van der Waals surface area contributed by atoms with Gasteiger partial charge in [-0.05, 0) is 6.07 Å². The van der Waals surface area contributed by atoms with Crippen molar-refractivity contribution < 1.29 is 25.2 Å². The summed E-state index contributed by atoms with van der Waals surface area (Å²) < 4.78 is 60.1. The summed E-state index contributed by atoms with van der Waals surface area (Å²) in [7, 11) is -10.7. The molecular weight excluding hydrogens is 325 g/mol. The molecule has 0 aliphatic rings. The van der Waals surface area contributed by atoms with E-state index in [1.165, 1.54) is 0 Å². The molecule has 92 valence electrons. The van der Waals surface area contributed by atoms with Crippen LogP contribution in [0.25, 0.3) is 4.98 Å². The van der Waals surface area contributed by atoms with E-state index in [0.717, 1.165) is 4.47 Å². The van der Waals surface area contributed by atoms with Gasteiger partial charge in [-0.15, -0.1) is 0 Å². The molecule has 0 saturated heterocycles. The topological polar surface area (TPSA) is 28.1 Å². The molecule has 0 aliphatic carbocycles. The first-order valence-electron chi connectivity index (χ1n) is 3.45. The van der Waals surface area contributed by atoms with Gasteiger partial charge < -0.3 is 0 Å². The van der Waals surface area contributed by atoms with Crippen LogP contribution in [-0.2, 0) is 0 Å². The molecule has 1 aromatic carbocycles. The minimum Gasteiger partial charge on any atom is -0.0531 e. The Balaban J connectivity index is 0.000000293. The van der Waals surface area contributed by atoms with E-state index in [2.05, 4.69) is 20.9 Å². The second-order valence-electron chi connectivity index (χ2n) is 2.54. The molecule has 0 aliphatic heterocycles. The van der Waals surface area contributed by atoms with E-state index in [1.54, 1.807) is 18.2 Å². The summed E-state index contributed by atoms with van der Waals surface area (Å²) in [5.74, 6) is 0. The summed E-state index contributed by atoms with van der Waals surface area (Å²) in [5.41, 5.74) is 0.560. The average molecular weight is 329 g/mol. The maximum Gasteiger partial charge on any atom is 0.386 e. The molecule has 0 radical (unpaired) electrons. The Kier molecular flexibility index (Phi) is 3.65. The first kappa shape index (κ1) is 15.1. The van der Waals surface area contributed by atoms with Crippen molar-refractivity contribution in [1.29, 1.82) is 5.39 Å². The Labute approximate surface area is 94.2 Å². The van der Waals surface area contributed by atoms with Crippen molar-refractivity contribution in [3.05, 3.63) is 33.7 Å². The molecule has 0 atom stereocenters. The van der Waals surface area contributed by atoms with Gasteiger partial charge in [0.15, 0.2) is 4.98 Å². The fourth-order valence-corrected chi connectivity index (χ4v) is 0.925. The number of hydrogen-bond donors (Lipinski definition) is 0. The number of rotatable bonds is 0. The molecule has 0 aromatic heterocycles. The summed E-state index contributed by atoms with van der Waals surface area (Å²) in [6.45, 7) is 0. The molecule has 1 rings (SSSR count). The van der Waals surface area contributed by atoms with Crippen LogP contribution in [0.4, 0.5) is 30.9 Å². The zero-order valence-corrected chi connectivity index (χ0v) is 9.78. The maximum atomic E-state index is 9.87. The molecule has 0 N–H and O–H groups in total. The standard InChI is InChI=1S/C6H4BrN2.F6P/c7-5-2-1-3-6(4-5)9-8;1-7(2,3,4,5)6/h1-4H;/q+1;-1. The molecule has 0 fully saturated rings. The van der Waals surface area contributed by atoms with Crippen LogP contribution < -0.4 is 0 Å². The van der Waals surface area contributed by atoms with E-state index in [1.807, 2.05) is 6.07 Å². The van der Waals surface area contributed by atoms with Crippen molar-refractivity contribution in [2.45, 2.75) is 0 Å². The average Bonchev–Trinajstić information content (AvgIpc) is 1.98. The smallest absolute Gasteiger partial charge is 0.0531 e. The zero-order valence-electron chi connectivity index (χ0n) is 7.30. The van der Waals surface area contributed by atoms with Crippen molar-refractivity contribution >= 4 is 29.4 Å². The molecule has 2 nitrogen and oxygen atoms in total. The van der Waals surface area contributed by atoms with Crippen LogP contribution in [0.3, 0.4) is 0 Å². The molecule has 0 unspecified atom stereocenters. The van der Waals surface area contributed by atoms with Crippen LogP contribution in [0.5, 0.6) is 0 Å². The van der Waals surface area contributed by atoms with Gasteiger partial charge in [0, 0.05) is 16.6 Å². The normalized spacial score (nSPS) is 14.9. The second kappa shape index (κ2) is 3.86. The third-order valence-corrected chi connectivity index (χ3v) is 1.42. The third-order valence-electron chi connectivity index (χ3n) is 0.924. The monoisotopic (exact) mass is 328 g/mol. The molecular formula is C6H4BrF6N2P. The van der Waals surface area contributed by atoms with Crippen LogP contribution >= 0.6 is 23.7 Å². The third kappa shape index (κ3) is 15.6. The van der Waals surface area contributed by atoms with Crippen LogP contribution in [0.2, 0.25) is 0 Å². The summed E-state index contributed by atoms with van der Waals surface area (Å²) >= 11 is 3.23. The van der Waals surface area contributed by atoms with Gasteiger partial charge >= 0.3 is 38.7 Å². The Morgan fingerprint density at radius 3 is 1.75 bits per heavy atom. The quantitative estimate of drug-likeness (QED) is 0.311. The largest absolute Gasteiger partial charge is 0.386 e. The van der Waals surface area contributed by atoms with Crippen molar-refractivity contribution in [3.63, 3.8) is 0 Å². The molecule has 0 amide bonds. The van der Waals surface area contributed by atoms with E-state index in [4.69, 9.17) is 5.39 Å². The fourth-order valence-electron chi connectivity index (χ4n) is 0.538. The molecule has 0 bridgehead atoms. The Morgan fingerprint density at radius 1 is 1.06 bits per heavy atom. The molecule has 10 heteroatoms. The zero-order chi connectivity index (χ0) is 13.1. The minimum atomic E-state index is -10.7. The number of diazo groups is 1. The van der Waals surface area contributed by atoms with Crippen LogP contribution in [-0.4, -0.2) is 0 Å². The van der Waals surface area contributed by atoms with Gasteiger partial charge in [0.05, 0.1) is 0 Å². The van der Waals surface area contributed by atoms with Crippen LogP contribution in [0, 0.1) is 5.39 Å². The first-order valence-corrected chi connectivity index (χ1v) is 6.27. The Bertz CT molecular complexity index is 410. The summed E-state index contributed by atoms with van der Waals surface area (Å²) in [5, 5.41) is 8.27. The molecule has 1 aromatic rings. The Hall–Kier alpha value is -0.870. The molecule has 0 spiro atoms. The molecule has 16 heavy (non-hydrogen) atoms. The summed E-state index contributed by atoms with van der Waals surface area (Å²) in [6.07, 6.45) is 0. The van der Waals surface area contributed by atoms with Crippen LogP contribution in [0.15, 0.2) is 28.7 Å². The van der Waals surface area contributed by atoms with Gasteiger partial charge in [-0.25, -0.2) is 0 Å². The van der Waals surface area contributed by atoms with Crippen molar-refractivity contribution in [2.24, 2.45) is 0 Å². The maximum absolute atomic E-state index is 10.7. The van der Waals surface area contributed by atoms with E-state index >= 15 is 0 Å². The van der Waals surface area contributed by atoms with E-state index in [-0.39, 0.29) is 0 Å². The number of benzene rings is 1. The number of nitrogens with zero attached hydrogens (tertiary/aromatic N) is 2. The van der Waals surface area contributed by atoms with Gasteiger partial charge in [0.1, 0.15) is 0 Å². The molecule has 0 saturated carbocycles. The van der Waals surface area contributed by atoms with Crippen molar-refractivity contribution in [2.75, 3.05) is 0 Å². The van der Waals surface area contributed by atoms with Gasteiger partial charge in [-0.1, -0.05) is 22.0 Å². The predicted molar refractivity (Wildman–Crippen MR) is 52.5 cm³/mol. The van der Waals surface area contributed by atoms with Gasteiger partial charge in [-0.2, -0.15) is 0 Å². The van der Waals surface area contributed by atoms with Gasteiger partial charge in [0.25, 0.3) is 0 Å². The first-order chi connectivity index (χ1) is 6.78. The van der Waals surface area contributed by atoms with E-state index in [0.29, 0.717) is 5.69 Å². The summed E-state index contributed by atoms with van der Waals surface area (Å²) in [4.78, 5) is 3.00.